The number of carbonyl (C=O) groups excluding carboxylic acids is 1. The third-order valence-corrected chi connectivity index (χ3v) is 6.35. The monoisotopic (exact) mass is 489 g/mol. The summed E-state index contributed by atoms with van der Waals surface area (Å²) in [5.74, 6) is -0.814. The van der Waals surface area contributed by atoms with Crippen molar-refractivity contribution in [1.82, 2.24) is 0 Å². The predicted molar refractivity (Wildman–Crippen MR) is 128 cm³/mol. The summed E-state index contributed by atoms with van der Waals surface area (Å²) in [6.07, 6.45) is -0.0245. The van der Waals surface area contributed by atoms with Gasteiger partial charge in [0.25, 0.3) is 15.9 Å². The Morgan fingerprint density at radius 2 is 1.79 bits per heavy atom. The SMILES string of the molecule is CC(C)Oc1ccc(NS(=O)(=O)c2cc(C(N)=O)c(O)cc2NCc2ccccc2Cl)cc1. The number of hydrogen-bond donors (Lipinski definition) is 4. The number of halogens is 1. The lowest BCUT2D eigenvalue weighted by Gasteiger charge is -2.17. The molecule has 3 aromatic carbocycles. The minimum absolute atomic E-state index is 0.0245. The van der Waals surface area contributed by atoms with E-state index in [4.69, 9.17) is 22.1 Å². The van der Waals surface area contributed by atoms with Gasteiger partial charge < -0.3 is 20.9 Å². The molecule has 8 nitrogen and oxygen atoms in total. The number of rotatable bonds is 9. The summed E-state index contributed by atoms with van der Waals surface area (Å²) < 4.78 is 34.4. The van der Waals surface area contributed by atoms with E-state index in [1.54, 1.807) is 48.5 Å². The van der Waals surface area contributed by atoms with E-state index in [0.29, 0.717) is 10.8 Å². The Labute approximate surface area is 197 Å². The van der Waals surface area contributed by atoms with Crippen LogP contribution < -0.4 is 20.5 Å². The van der Waals surface area contributed by atoms with Crippen LogP contribution in [-0.4, -0.2) is 25.5 Å². The molecule has 0 saturated carbocycles. The molecule has 0 aromatic heterocycles. The number of amides is 1. The maximum Gasteiger partial charge on any atom is 0.263 e. The Kier molecular flexibility index (Phi) is 7.35. The lowest BCUT2D eigenvalue weighted by atomic mass is 10.1. The molecule has 0 aliphatic heterocycles. The molecule has 3 aromatic rings. The van der Waals surface area contributed by atoms with E-state index in [1.807, 2.05) is 13.8 Å². The second-order valence-electron chi connectivity index (χ2n) is 7.47. The third-order valence-electron chi connectivity index (χ3n) is 4.56. The molecule has 0 atom stereocenters. The van der Waals surface area contributed by atoms with Crippen LogP contribution in [0.2, 0.25) is 5.02 Å². The first kappa shape index (κ1) is 24.2. The van der Waals surface area contributed by atoms with Gasteiger partial charge in [-0.1, -0.05) is 29.8 Å². The van der Waals surface area contributed by atoms with Gasteiger partial charge in [0.1, 0.15) is 16.4 Å². The van der Waals surface area contributed by atoms with Gasteiger partial charge in [0.05, 0.1) is 17.4 Å². The quantitative estimate of drug-likeness (QED) is 0.353. The summed E-state index contributed by atoms with van der Waals surface area (Å²) in [6.45, 7) is 3.95. The molecule has 5 N–H and O–H groups in total. The summed E-state index contributed by atoms with van der Waals surface area (Å²) in [5, 5.41) is 13.7. The van der Waals surface area contributed by atoms with Gasteiger partial charge in [-0.3, -0.25) is 9.52 Å². The van der Waals surface area contributed by atoms with Gasteiger partial charge >= 0.3 is 0 Å². The van der Waals surface area contributed by atoms with Crippen molar-refractivity contribution in [2.24, 2.45) is 5.73 Å². The molecule has 0 spiro atoms. The molecule has 0 fully saturated rings. The molecular formula is C23H24ClN3O5S. The topological polar surface area (TPSA) is 131 Å². The Bertz CT molecular complexity index is 1260. The van der Waals surface area contributed by atoms with E-state index >= 15 is 0 Å². The van der Waals surface area contributed by atoms with Crippen LogP contribution >= 0.6 is 11.6 Å². The largest absolute Gasteiger partial charge is 0.507 e. The van der Waals surface area contributed by atoms with E-state index in [1.165, 1.54) is 0 Å². The fourth-order valence-corrected chi connectivity index (χ4v) is 4.49. The molecular weight excluding hydrogens is 466 g/mol. The molecule has 0 bridgehead atoms. The standard InChI is InChI=1S/C23H24ClN3O5S/c1-14(2)32-17-9-7-16(8-10-17)27-33(30,31)22-11-18(23(25)29)21(28)12-20(22)26-13-15-5-3-4-6-19(15)24/h3-12,14,26-28H,13H2,1-2H3,(H2,25,29). The van der Waals surface area contributed by atoms with Crippen molar-refractivity contribution < 1.29 is 23.1 Å². The number of ether oxygens (including phenoxy) is 1. The van der Waals surface area contributed by atoms with Gasteiger partial charge in [0.15, 0.2) is 0 Å². The van der Waals surface area contributed by atoms with Crippen molar-refractivity contribution in [2.45, 2.75) is 31.4 Å². The van der Waals surface area contributed by atoms with E-state index in [2.05, 4.69) is 10.0 Å². The molecule has 0 radical (unpaired) electrons. The molecule has 0 unspecified atom stereocenters. The van der Waals surface area contributed by atoms with Crippen LogP contribution in [0.25, 0.3) is 0 Å². The lowest BCUT2D eigenvalue weighted by Crippen LogP contribution is -2.18. The number of sulfonamides is 1. The van der Waals surface area contributed by atoms with Crippen molar-refractivity contribution >= 4 is 38.9 Å². The van der Waals surface area contributed by atoms with Gasteiger partial charge in [-0.15, -0.1) is 0 Å². The fraction of sp³-hybridized carbons (Fsp3) is 0.174. The van der Waals surface area contributed by atoms with Crippen LogP contribution in [0, 0.1) is 0 Å². The average Bonchev–Trinajstić information content (AvgIpc) is 2.73. The summed E-state index contributed by atoms with van der Waals surface area (Å²) in [5.41, 5.74) is 6.06. The summed E-state index contributed by atoms with van der Waals surface area (Å²) in [4.78, 5) is 11.5. The van der Waals surface area contributed by atoms with Crippen molar-refractivity contribution in [1.29, 1.82) is 0 Å². The van der Waals surface area contributed by atoms with Crippen LogP contribution in [0.4, 0.5) is 11.4 Å². The summed E-state index contributed by atoms with van der Waals surface area (Å²) in [7, 11) is -4.17. The summed E-state index contributed by atoms with van der Waals surface area (Å²) in [6, 6.07) is 15.6. The van der Waals surface area contributed by atoms with Gasteiger partial charge in [-0.25, -0.2) is 8.42 Å². The number of benzene rings is 3. The molecule has 174 valence electrons. The highest BCUT2D eigenvalue weighted by Gasteiger charge is 2.23. The zero-order valence-corrected chi connectivity index (χ0v) is 19.6. The van der Waals surface area contributed by atoms with Gasteiger partial charge in [0.2, 0.25) is 0 Å². The van der Waals surface area contributed by atoms with Crippen molar-refractivity contribution in [3.05, 3.63) is 76.8 Å². The molecule has 0 aliphatic carbocycles. The summed E-state index contributed by atoms with van der Waals surface area (Å²) >= 11 is 6.18. The highest BCUT2D eigenvalue weighted by molar-refractivity contribution is 7.92. The number of hydrogen-bond acceptors (Lipinski definition) is 6. The second kappa shape index (κ2) is 10.0. The molecule has 0 saturated heterocycles. The number of primary amides is 1. The minimum Gasteiger partial charge on any atom is -0.507 e. The first-order valence-electron chi connectivity index (χ1n) is 10.0. The Morgan fingerprint density at radius 1 is 1.12 bits per heavy atom. The maximum absolute atomic E-state index is 13.2. The Balaban J connectivity index is 1.95. The molecule has 0 heterocycles. The Morgan fingerprint density at radius 3 is 2.39 bits per heavy atom. The normalized spacial score (nSPS) is 11.3. The second-order valence-corrected chi connectivity index (χ2v) is 9.53. The van der Waals surface area contributed by atoms with Crippen LogP contribution in [0.1, 0.15) is 29.8 Å². The molecule has 1 amide bonds. The van der Waals surface area contributed by atoms with Gasteiger partial charge in [-0.05, 0) is 55.8 Å². The number of nitrogens with two attached hydrogens (primary N) is 1. The van der Waals surface area contributed by atoms with Crippen LogP contribution in [0.3, 0.4) is 0 Å². The van der Waals surface area contributed by atoms with Gasteiger partial charge in [0, 0.05) is 23.3 Å². The maximum atomic E-state index is 13.2. The zero-order valence-electron chi connectivity index (χ0n) is 18.0. The van der Waals surface area contributed by atoms with Crippen LogP contribution in [-0.2, 0) is 16.6 Å². The van der Waals surface area contributed by atoms with Crippen molar-refractivity contribution in [3.8, 4) is 11.5 Å². The minimum atomic E-state index is -4.17. The lowest BCUT2D eigenvalue weighted by molar-refractivity contribution is 0.0997. The molecule has 0 aliphatic rings. The fourth-order valence-electron chi connectivity index (χ4n) is 3.04. The number of anilines is 2. The van der Waals surface area contributed by atoms with E-state index in [0.717, 1.165) is 17.7 Å². The molecule has 33 heavy (non-hydrogen) atoms. The van der Waals surface area contributed by atoms with Crippen molar-refractivity contribution in [3.63, 3.8) is 0 Å². The highest BCUT2D eigenvalue weighted by Crippen LogP contribution is 2.32. The van der Waals surface area contributed by atoms with E-state index < -0.39 is 21.7 Å². The number of phenols is 1. The average molecular weight is 490 g/mol. The van der Waals surface area contributed by atoms with Gasteiger partial charge in [-0.2, -0.15) is 0 Å². The molecule has 3 rings (SSSR count). The first-order valence-corrected chi connectivity index (χ1v) is 11.9. The smallest absolute Gasteiger partial charge is 0.263 e. The highest BCUT2D eigenvalue weighted by atomic mass is 35.5. The number of nitrogens with one attached hydrogen (secondary N) is 2. The number of aromatic hydroxyl groups is 1. The predicted octanol–water partition coefficient (Wildman–Crippen LogP) is 4.34. The van der Waals surface area contributed by atoms with E-state index in [-0.39, 0.29) is 34.5 Å². The Hall–Kier alpha value is -3.43. The third kappa shape index (κ3) is 6.09. The van der Waals surface area contributed by atoms with Crippen LogP contribution in [0.5, 0.6) is 11.5 Å². The zero-order chi connectivity index (χ0) is 24.2. The molecule has 10 heteroatoms. The van der Waals surface area contributed by atoms with Crippen molar-refractivity contribution in [2.75, 3.05) is 10.0 Å². The van der Waals surface area contributed by atoms with Crippen LogP contribution in [0.15, 0.2) is 65.6 Å². The van der Waals surface area contributed by atoms with E-state index in [9.17, 15) is 18.3 Å². The number of carbonyl (C=O) groups is 1. The first-order chi connectivity index (χ1) is 15.6.